The van der Waals surface area contributed by atoms with Crippen LogP contribution in [0.25, 0.3) is 0 Å². The molecule has 1 fully saturated rings. The zero-order valence-electron chi connectivity index (χ0n) is 19.8. The van der Waals surface area contributed by atoms with Crippen LogP contribution >= 0.6 is 0 Å². The van der Waals surface area contributed by atoms with E-state index in [1.165, 1.54) is 13.8 Å². The Morgan fingerprint density at radius 1 is 1.21 bits per heavy atom. The SMILES string of the molecule is C/C=C(\C)C(=O)O[C@@H]1C[C@@]2(OC(C)=O)O[C@]1(C)CCC1=C(COC(C)=O)C(=O)O[C@@H]1/C=C\2C. The fourth-order valence-corrected chi connectivity index (χ4v) is 4.33. The van der Waals surface area contributed by atoms with E-state index in [9.17, 15) is 19.2 Å². The average molecular weight is 462 g/mol. The molecule has 0 N–H and O–H groups in total. The highest BCUT2D eigenvalue weighted by Crippen LogP contribution is 2.49. The summed E-state index contributed by atoms with van der Waals surface area (Å²) in [7, 11) is 0. The molecule has 9 heteroatoms. The van der Waals surface area contributed by atoms with Gasteiger partial charge in [-0.2, -0.15) is 0 Å². The zero-order chi connectivity index (χ0) is 24.6. The van der Waals surface area contributed by atoms with E-state index in [0.717, 1.165) is 0 Å². The molecule has 0 radical (unpaired) electrons. The van der Waals surface area contributed by atoms with Crippen LogP contribution in [0.4, 0.5) is 0 Å². The average Bonchev–Trinajstić information content (AvgIpc) is 3.17. The number of carbonyl (C=O) groups excluding carboxylic acids is 4. The third-order valence-electron chi connectivity index (χ3n) is 6.37. The van der Waals surface area contributed by atoms with E-state index in [0.29, 0.717) is 29.6 Å². The van der Waals surface area contributed by atoms with Crippen LogP contribution in [0.2, 0.25) is 0 Å². The highest BCUT2D eigenvalue weighted by atomic mass is 16.7. The Hall–Kier alpha value is -2.94. The standard InChI is InChI=1S/C24H30O9/c1-7-13(2)21(27)31-20-11-24(32-16(5)26)14(3)10-19-17(8-9-23(20,6)33-24)18(22(28)30-19)12-29-15(4)25/h7,10,19-20H,8-9,11-12H2,1-6H3/b13-7+,14-10-/t19-,20-,23-,24-/m1/s1. The van der Waals surface area contributed by atoms with E-state index in [1.54, 1.807) is 39.8 Å². The molecule has 0 aliphatic carbocycles. The lowest BCUT2D eigenvalue weighted by atomic mass is 9.86. The molecule has 3 heterocycles. The van der Waals surface area contributed by atoms with E-state index in [2.05, 4.69) is 0 Å². The molecule has 0 aromatic heterocycles. The predicted octanol–water partition coefficient (Wildman–Crippen LogP) is 2.83. The molecule has 0 saturated carbocycles. The monoisotopic (exact) mass is 462 g/mol. The Balaban J connectivity index is 2.05. The quantitative estimate of drug-likeness (QED) is 0.263. The van der Waals surface area contributed by atoms with Crippen molar-refractivity contribution < 1.29 is 42.9 Å². The number of hydrogen-bond acceptors (Lipinski definition) is 9. The molecule has 0 aromatic carbocycles. The van der Waals surface area contributed by atoms with Crippen molar-refractivity contribution in [2.75, 3.05) is 6.61 Å². The molecule has 0 amide bonds. The first-order valence-electron chi connectivity index (χ1n) is 10.9. The Kier molecular flexibility index (Phi) is 6.83. The number of hydrogen-bond donors (Lipinski definition) is 0. The minimum Gasteiger partial charge on any atom is -0.461 e. The smallest absolute Gasteiger partial charge is 0.338 e. The molecule has 0 unspecified atom stereocenters. The van der Waals surface area contributed by atoms with Gasteiger partial charge in [0, 0.05) is 19.4 Å². The predicted molar refractivity (Wildman–Crippen MR) is 114 cm³/mol. The van der Waals surface area contributed by atoms with Gasteiger partial charge < -0.3 is 23.7 Å². The van der Waals surface area contributed by atoms with E-state index in [-0.39, 0.29) is 18.6 Å². The van der Waals surface area contributed by atoms with Gasteiger partial charge >= 0.3 is 23.9 Å². The first-order chi connectivity index (χ1) is 15.4. The van der Waals surface area contributed by atoms with Crippen molar-refractivity contribution in [1.82, 2.24) is 0 Å². The maximum Gasteiger partial charge on any atom is 0.338 e. The second-order valence-electron chi connectivity index (χ2n) is 8.79. The van der Waals surface area contributed by atoms with Gasteiger partial charge in [0.05, 0.1) is 12.0 Å². The number of carbonyl (C=O) groups is 4. The van der Waals surface area contributed by atoms with Gasteiger partial charge in [-0.3, -0.25) is 9.59 Å². The Morgan fingerprint density at radius 2 is 1.91 bits per heavy atom. The Bertz CT molecular complexity index is 972. The number of ether oxygens (including phenoxy) is 5. The lowest BCUT2D eigenvalue weighted by molar-refractivity contribution is -0.226. The van der Waals surface area contributed by atoms with Crippen LogP contribution in [-0.4, -0.2) is 54.1 Å². The molecule has 3 aliphatic rings. The van der Waals surface area contributed by atoms with Gasteiger partial charge in [-0.15, -0.1) is 0 Å². The van der Waals surface area contributed by atoms with Crippen molar-refractivity contribution in [3.05, 3.63) is 34.4 Å². The van der Waals surface area contributed by atoms with Crippen LogP contribution in [0.1, 0.15) is 60.8 Å². The largest absolute Gasteiger partial charge is 0.461 e. The van der Waals surface area contributed by atoms with Crippen molar-refractivity contribution >= 4 is 23.9 Å². The number of esters is 4. The highest BCUT2D eigenvalue weighted by Gasteiger charge is 2.59. The Morgan fingerprint density at radius 3 is 2.52 bits per heavy atom. The van der Waals surface area contributed by atoms with Gasteiger partial charge in [-0.1, -0.05) is 6.08 Å². The van der Waals surface area contributed by atoms with E-state index < -0.39 is 47.5 Å². The fraction of sp³-hybridized carbons (Fsp3) is 0.583. The van der Waals surface area contributed by atoms with Crippen molar-refractivity contribution in [2.24, 2.45) is 0 Å². The van der Waals surface area contributed by atoms with Gasteiger partial charge in [0.25, 0.3) is 0 Å². The van der Waals surface area contributed by atoms with E-state index in [4.69, 9.17) is 23.7 Å². The van der Waals surface area contributed by atoms with Crippen LogP contribution in [0.3, 0.4) is 0 Å². The number of allylic oxidation sites excluding steroid dienone is 1. The van der Waals surface area contributed by atoms with Gasteiger partial charge in [-0.05, 0) is 57.8 Å². The van der Waals surface area contributed by atoms with Crippen molar-refractivity contribution in [3.8, 4) is 0 Å². The third-order valence-corrected chi connectivity index (χ3v) is 6.37. The van der Waals surface area contributed by atoms with Crippen LogP contribution in [0.5, 0.6) is 0 Å². The van der Waals surface area contributed by atoms with Crippen molar-refractivity contribution in [2.45, 2.75) is 84.4 Å². The zero-order valence-corrected chi connectivity index (χ0v) is 19.8. The molecule has 0 spiro atoms. The lowest BCUT2D eigenvalue weighted by Gasteiger charge is -2.33. The molecule has 3 rings (SSSR count). The fourth-order valence-electron chi connectivity index (χ4n) is 4.33. The minimum atomic E-state index is -1.48. The molecule has 33 heavy (non-hydrogen) atoms. The molecular weight excluding hydrogens is 432 g/mol. The molecule has 3 aliphatic heterocycles. The molecular formula is C24H30O9. The Labute approximate surface area is 192 Å². The molecule has 9 nitrogen and oxygen atoms in total. The molecule has 2 bridgehead atoms. The lowest BCUT2D eigenvalue weighted by Crippen LogP contribution is -2.41. The van der Waals surface area contributed by atoms with Crippen LogP contribution in [0, 0.1) is 0 Å². The summed E-state index contributed by atoms with van der Waals surface area (Å²) in [4.78, 5) is 48.4. The molecule has 4 atom stereocenters. The summed E-state index contributed by atoms with van der Waals surface area (Å²) in [5.74, 6) is -3.59. The van der Waals surface area contributed by atoms with Crippen LogP contribution in [-0.2, 0) is 42.9 Å². The van der Waals surface area contributed by atoms with Crippen LogP contribution < -0.4 is 0 Å². The molecule has 1 saturated heterocycles. The van der Waals surface area contributed by atoms with Crippen LogP contribution in [0.15, 0.2) is 34.4 Å². The van der Waals surface area contributed by atoms with Crippen molar-refractivity contribution in [3.63, 3.8) is 0 Å². The summed E-state index contributed by atoms with van der Waals surface area (Å²) in [6.45, 7) is 9.24. The summed E-state index contributed by atoms with van der Waals surface area (Å²) < 4.78 is 28.4. The number of fused-ring (bicyclic) bond motifs is 3. The van der Waals surface area contributed by atoms with Gasteiger partial charge in [0.15, 0.2) is 0 Å². The summed E-state index contributed by atoms with van der Waals surface area (Å²) in [5.41, 5.74) is 0.874. The second kappa shape index (κ2) is 9.13. The summed E-state index contributed by atoms with van der Waals surface area (Å²) in [6.07, 6.45) is 2.72. The van der Waals surface area contributed by atoms with Crippen molar-refractivity contribution in [1.29, 1.82) is 0 Å². The third kappa shape index (κ3) is 4.88. The van der Waals surface area contributed by atoms with E-state index >= 15 is 0 Å². The molecule has 180 valence electrons. The normalized spacial score (nSPS) is 33.1. The van der Waals surface area contributed by atoms with Gasteiger partial charge in [0.2, 0.25) is 5.79 Å². The highest BCUT2D eigenvalue weighted by molar-refractivity contribution is 5.93. The second-order valence-corrected chi connectivity index (χ2v) is 8.79. The topological polar surface area (TPSA) is 114 Å². The van der Waals surface area contributed by atoms with Gasteiger partial charge in [0.1, 0.15) is 24.4 Å². The number of rotatable bonds is 5. The summed E-state index contributed by atoms with van der Waals surface area (Å²) in [5, 5.41) is 0. The maximum atomic E-state index is 12.5. The summed E-state index contributed by atoms with van der Waals surface area (Å²) in [6, 6.07) is 0. The minimum absolute atomic E-state index is 0.105. The molecule has 0 aromatic rings. The first kappa shape index (κ1) is 24.7. The maximum absolute atomic E-state index is 12.5. The van der Waals surface area contributed by atoms with E-state index in [1.807, 2.05) is 0 Å². The van der Waals surface area contributed by atoms with Gasteiger partial charge in [-0.25, -0.2) is 9.59 Å². The summed E-state index contributed by atoms with van der Waals surface area (Å²) >= 11 is 0. The first-order valence-corrected chi connectivity index (χ1v) is 10.9.